The topological polar surface area (TPSA) is 18.5 Å². The minimum absolute atomic E-state index is 0.157. The summed E-state index contributed by atoms with van der Waals surface area (Å²) in [6, 6.07) is 7.80. The van der Waals surface area contributed by atoms with Crippen LogP contribution in [0.4, 0.5) is 0 Å². The van der Waals surface area contributed by atoms with Crippen LogP contribution < -0.4 is 9.47 Å². The SMILES string of the molecule is CC(CBr)C1COc2ccccc2O1. The number of fused-ring (bicyclic) bond motifs is 1. The first kappa shape index (κ1) is 9.84. The predicted molar refractivity (Wildman–Crippen MR) is 59.3 cm³/mol. The zero-order chi connectivity index (χ0) is 9.97. The van der Waals surface area contributed by atoms with Gasteiger partial charge in [-0.1, -0.05) is 35.0 Å². The standard InChI is InChI=1S/C11H13BrO2/c1-8(6-12)11-7-13-9-4-2-3-5-10(9)14-11/h2-5,8,11H,6-7H2,1H3. The summed E-state index contributed by atoms with van der Waals surface area (Å²) in [7, 11) is 0. The van der Waals surface area contributed by atoms with E-state index >= 15 is 0 Å². The van der Waals surface area contributed by atoms with Gasteiger partial charge in [-0.15, -0.1) is 0 Å². The van der Waals surface area contributed by atoms with E-state index in [1.165, 1.54) is 0 Å². The molecule has 0 saturated heterocycles. The lowest BCUT2D eigenvalue weighted by molar-refractivity contribution is 0.0608. The van der Waals surface area contributed by atoms with Crippen molar-refractivity contribution in [2.45, 2.75) is 13.0 Å². The highest BCUT2D eigenvalue weighted by molar-refractivity contribution is 9.09. The molecule has 2 nitrogen and oxygen atoms in total. The van der Waals surface area contributed by atoms with Crippen LogP contribution in [0.1, 0.15) is 6.92 Å². The molecule has 0 saturated carbocycles. The average Bonchev–Trinajstić information content (AvgIpc) is 2.27. The predicted octanol–water partition coefficient (Wildman–Crippen LogP) is 2.86. The number of halogens is 1. The van der Waals surface area contributed by atoms with E-state index in [1.807, 2.05) is 24.3 Å². The first-order valence-electron chi connectivity index (χ1n) is 4.75. The minimum Gasteiger partial charge on any atom is -0.486 e. The molecule has 1 aromatic carbocycles. The second kappa shape index (κ2) is 4.22. The van der Waals surface area contributed by atoms with Gasteiger partial charge in [-0.05, 0) is 12.1 Å². The Balaban J connectivity index is 2.13. The van der Waals surface area contributed by atoms with Gasteiger partial charge in [0.15, 0.2) is 11.5 Å². The summed E-state index contributed by atoms with van der Waals surface area (Å²) in [5, 5.41) is 0.934. The van der Waals surface area contributed by atoms with E-state index < -0.39 is 0 Å². The minimum atomic E-state index is 0.157. The molecule has 0 aliphatic carbocycles. The van der Waals surface area contributed by atoms with Crippen molar-refractivity contribution in [3.63, 3.8) is 0 Å². The van der Waals surface area contributed by atoms with E-state index in [4.69, 9.17) is 9.47 Å². The maximum absolute atomic E-state index is 5.83. The molecule has 0 aromatic heterocycles. The third-order valence-corrected chi connectivity index (χ3v) is 3.43. The second-order valence-corrected chi connectivity index (χ2v) is 4.19. The van der Waals surface area contributed by atoms with Crippen molar-refractivity contribution >= 4 is 15.9 Å². The number of rotatable bonds is 2. The van der Waals surface area contributed by atoms with Crippen LogP contribution in [0.25, 0.3) is 0 Å². The largest absolute Gasteiger partial charge is 0.486 e. The van der Waals surface area contributed by atoms with Gasteiger partial charge in [0.05, 0.1) is 0 Å². The Labute approximate surface area is 92.3 Å². The lowest BCUT2D eigenvalue weighted by Gasteiger charge is -2.29. The van der Waals surface area contributed by atoms with Crippen molar-refractivity contribution in [3.05, 3.63) is 24.3 Å². The molecule has 0 spiro atoms. The van der Waals surface area contributed by atoms with Gasteiger partial charge in [0, 0.05) is 11.2 Å². The first-order chi connectivity index (χ1) is 6.81. The molecule has 0 radical (unpaired) electrons. The van der Waals surface area contributed by atoms with E-state index in [1.54, 1.807) is 0 Å². The zero-order valence-corrected chi connectivity index (χ0v) is 9.66. The van der Waals surface area contributed by atoms with Crippen LogP contribution in [0.15, 0.2) is 24.3 Å². The van der Waals surface area contributed by atoms with Crippen LogP contribution in [0.3, 0.4) is 0 Å². The molecular weight excluding hydrogens is 244 g/mol. The maximum atomic E-state index is 5.83. The molecule has 2 unspecified atom stereocenters. The fraction of sp³-hybridized carbons (Fsp3) is 0.455. The molecule has 1 aliphatic heterocycles. The molecule has 1 aliphatic rings. The normalized spacial score (nSPS) is 21.7. The van der Waals surface area contributed by atoms with Crippen LogP contribution in [-0.2, 0) is 0 Å². The Kier molecular flexibility index (Phi) is 2.96. The molecule has 0 N–H and O–H groups in total. The van der Waals surface area contributed by atoms with Crippen molar-refractivity contribution in [1.29, 1.82) is 0 Å². The maximum Gasteiger partial charge on any atom is 0.161 e. The summed E-state index contributed by atoms with van der Waals surface area (Å²) < 4.78 is 11.4. The molecular formula is C11H13BrO2. The monoisotopic (exact) mass is 256 g/mol. The molecule has 76 valence electrons. The highest BCUT2D eigenvalue weighted by Gasteiger charge is 2.24. The number of ether oxygens (including phenoxy) is 2. The van der Waals surface area contributed by atoms with Crippen LogP contribution in [0.2, 0.25) is 0 Å². The summed E-state index contributed by atoms with van der Waals surface area (Å²) in [5.41, 5.74) is 0. The second-order valence-electron chi connectivity index (χ2n) is 3.55. The highest BCUT2D eigenvalue weighted by atomic mass is 79.9. The van der Waals surface area contributed by atoms with E-state index in [0.717, 1.165) is 16.8 Å². The van der Waals surface area contributed by atoms with Crippen molar-refractivity contribution in [2.75, 3.05) is 11.9 Å². The summed E-state index contributed by atoms with van der Waals surface area (Å²) >= 11 is 3.45. The van der Waals surface area contributed by atoms with Gasteiger partial charge >= 0.3 is 0 Å². The Bertz CT molecular complexity index is 314. The quantitative estimate of drug-likeness (QED) is 0.758. The fourth-order valence-corrected chi connectivity index (χ4v) is 1.83. The van der Waals surface area contributed by atoms with Gasteiger partial charge in [0.1, 0.15) is 12.7 Å². The number of alkyl halides is 1. The van der Waals surface area contributed by atoms with Gasteiger partial charge < -0.3 is 9.47 Å². The Morgan fingerprint density at radius 3 is 2.86 bits per heavy atom. The number of benzene rings is 1. The molecule has 0 bridgehead atoms. The average molecular weight is 257 g/mol. The third kappa shape index (κ3) is 1.87. The number of hydrogen-bond donors (Lipinski definition) is 0. The fourth-order valence-electron chi connectivity index (χ4n) is 1.42. The summed E-state index contributed by atoms with van der Waals surface area (Å²) in [4.78, 5) is 0. The van der Waals surface area contributed by atoms with Crippen molar-refractivity contribution in [3.8, 4) is 11.5 Å². The molecule has 1 heterocycles. The van der Waals surface area contributed by atoms with Crippen LogP contribution in [0, 0.1) is 5.92 Å². The van der Waals surface area contributed by atoms with E-state index in [-0.39, 0.29) is 6.10 Å². The van der Waals surface area contributed by atoms with Crippen molar-refractivity contribution in [2.24, 2.45) is 5.92 Å². The Hall–Kier alpha value is -0.700. The summed E-state index contributed by atoms with van der Waals surface area (Å²) in [5.74, 6) is 2.17. The zero-order valence-electron chi connectivity index (χ0n) is 8.07. The van der Waals surface area contributed by atoms with Crippen LogP contribution in [-0.4, -0.2) is 18.0 Å². The number of hydrogen-bond acceptors (Lipinski definition) is 2. The summed E-state index contributed by atoms with van der Waals surface area (Å²) in [6.45, 7) is 2.79. The molecule has 3 heteroatoms. The van der Waals surface area contributed by atoms with E-state index in [9.17, 15) is 0 Å². The smallest absolute Gasteiger partial charge is 0.161 e. The first-order valence-corrected chi connectivity index (χ1v) is 5.88. The van der Waals surface area contributed by atoms with Gasteiger partial charge in [-0.3, -0.25) is 0 Å². The molecule has 2 atom stereocenters. The lowest BCUT2D eigenvalue weighted by Crippen LogP contribution is -2.35. The van der Waals surface area contributed by atoms with Crippen molar-refractivity contribution in [1.82, 2.24) is 0 Å². The van der Waals surface area contributed by atoms with Gasteiger partial charge in [-0.25, -0.2) is 0 Å². The molecule has 1 aromatic rings. The van der Waals surface area contributed by atoms with E-state index in [0.29, 0.717) is 12.5 Å². The lowest BCUT2D eigenvalue weighted by atomic mass is 10.1. The van der Waals surface area contributed by atoms with Crippen LogP contribution in [0.5, 0.6) is 11.5 Å². The molecule has 0 fully saturated rings. The number of para-hydroxylation sites is 2. The molecule has 2 rings (SSSR count). The van der Waals surface area contributed by atoms with Gasteiger partial charge in [0.25, 0.3) is 0 Å². The Morgan fingerprint density at radius 2 is 2.14 bits per heavy atom. The van der Waals surface area contributed by atoms with E-state index in [2.05, 4.69) is 22.9 Å². The van der Waals surface area contributed by atoms with Crippen LogP contribution >= 0.6 is 15.9 Å². The van der Waals surface area contributed by atoms with Crippen molar-refractivity contribution < 1.29 is 9.47 Å². The summed E-state index contributed by atoms with van der Waals surface area (Å²) in [6.07, 6.45) is 0.157. The third-order valence-electron chi connectivity index (χ3n) is 2.41. The highest BCUT2D eigenvalue weighted by Crippen LogP contribution is 2.32. The molecule has 14 heavy (non-hydrogen) atoms. The van der Waals surface area contributed by atoms with Gasteiger partial charge in [0.2, 0.25) is 0 Å². The Morgan fingerprint density at radius 1 is 1.43 bits per heavy atom. The molecule has 0 amide bonds. The van der Waals surface area contributed by atoms with Gasteiger partial charge in [-0.2, -0.15) is 0 Å².